The number of carbonyl (C=O) groups excluding carboxylic acids is 2. The van der Waals surface area contributed by atoms with Crippen molar-refractivity contribution < 1.29 is 24.2 Å². The van der Waals surface area contributed by atoms with Gasteiger partial charge < -0.3 is 19.7 Å². The molecule has 1 amide bonds. The van der Waals surface area contributed by atoms with Crippen molar-refractivity contribution in [3.8, 4) is 6.07 Å². The number of aromatic nitrogens is 1. The molecule has 8 heteroatoms. The molecule has 8 nitrogen and oxygen atoms in total. The molecule has 156 valence electrons. The van der Waals surface area contributed by atoms with Gasteiger partial charge in [-0.2, -0.15) is 5.26 Å². The largest absolute Gasteiger partial charge is 0.481 e. The molecule has 0 spiro atoms. The van der Waals surface area contributed by atoms with Gasteiger partial charge in [0.2, 0.25) is 0 Å². The normalized spacial score (nSPS) is 11.0. The monoisotopic (exact) mass is 417 g/mol. The van der Waals surface area contributed by atoms with E-state index >= 15 is 0 Å². The molecular formula is C23H19N3O5. The standard InChI is InChI=1S/C23H19N3O5/c1-2-31-23(30)15-7-9-18(10-8-15)25-22(29)17(13-24)14-26-19(12-21(27)28)11-16-5-3-4-6-20(16)26/h3-11,14H,2,12H2,1H3,(H,25,29)(H,27,28). The fourth-order valence-electron chi connectivity index (χ4n) is 3.05. The summed E-state index contributed by atoms with van der Waals surface area (Å²) in [5.74, 6) is -2.16. The maximum absolute atomic E-state index is 12.6. The molecule has 31 heavy (non-hydrogen) atoms. The molecule has 0 saturated heterocycles. The van der Waals surface area contributed by atoms with E-state index in [1.165, 1.54) is 35.0 Å². The van der Waals surface area contributed by atoms with Gasteiger partial charge in [0.05, 0.1) is 24.1 Å². The third-order valence-electron chi connectivity index (χ3n) is 4.44. The number of hydrogen-bond acceptors (Lipinski definition) is 5. The molecule has 1 heterocycles. The Labute approximate surface area is 178 Å². The predicted molar refractivity (Wildman–Crippen MR) is 114 cm³/mol. The first-order chi connectivity index (χ1) is 14.9. The van der Waals surface area contributed by atoms with E-state index in [0.29, 0.717) is 22.5 Å². The van der Waals surface area contributed by atoms with Gasteiger partial charge in [-0.1, -0.05) is 18.2 Å². The second-order valence-corrected chi connectivity index (χ2v) is 6.54. The number of amides is 1. The highest BCUT2D eigenvalue weighted by Crippen LogP contribution is 2.22. The highest BCUT2D eigenvalue weighted by atomic mass is 16.5. The number of aliphatic carboxylic acids is 1. The number of nitriles is 1. The van der Waals surface area contributed by atoms with Crippen molar-refractivity contribution in [3.05, 3.63) is 71.4 Å². The molecule has 0 saturated carbocycles. The van der Waals surface area contributed by atoms with Gasteiger partial charge >= 0.3 is 11.9 Å². The van der Waals surface area contributed by atoms with Gasteiger partial charge in [0.1, 0.15) is 11.6 Å². The number of ether oxygens (including phenoxy) is 1. The Hall–Kier alpha value is -4.38. The summed E-state index contributed by atoms with van der Waals surface area (Å²) in [6.45, 7) is 1.96. The number of rotatable bonds is 7. The molecule has 3 aromatic rings. The summed E-state index contributed by atoms with van der Waals surface area (Å²) in [6.07, 6.45) is 1.06. The lowest BCUT2D eigenvalue weighted by molar-refractivity contribution is -0.136. The smallest absolute Gasteiger partial charge is 0.338 e. The van der Waals surface area contributed by atoms with Crippen molar-refractivity contribution in [2.45, 2.75) is 13.3 Å². The molecule has 0 fully saturated rings. The number of benzene rings is 2. The van der Waals surface area contributed by atoms with Crippen molar-refractivity contribution in [1.29, 1.82) is 5.26 Å². The van der Waals surface area contributed by atoms with E-state index in [0.717, 1.165) is 5.39 Å². The number of hydrogen-bond donors (Lipinski definition) is 2. The zero-order valence-corrected chi connectivity index (χ0v) is 16.7. The molecule has 0 bridgehead atoms. The Kier molecular flexibility index (Phi) is 6.48. The van der Waals surface area contributed by atoms with Gasteiger partial charge in [0.15, 0.2) is 0 Å². The average molecular weight is 417 g/mol. The number of carboxylic acids is 1. The number of anilines is 1. The lowest BCUT2D eigenvalue weighted by atomic mass is 10.2. The van der Waals surface area contributed by atoms with E-state index in [4.69, 9.17) is 4.74 Å². The minimum absolute atomic E-state index is 0.206. The van der Waals surface area contributed by atoms with Crippen LogP contribution in [-0.4, -0.2) is 34.1 Å². The zero-order chi connectivity index (χ0) is 22.4. The van der Waals surface area contributed by atoms with Crippen molar-refractivity contribution in [3.63, 3.8) is 0 Å². The van der Waals surface area contributed by atoms with Crippen LogP contribution in [0, 0.1) is 11.3 Å². The Morgan fingerprint density at radius 2 is 1.87 bits per heavy atom. The van der Waals surface area contributed by atoms with Gasteiger partial charge in [0.25, 0.3) is 5.91 Å². The van der Waals surface area contributed by atoms with Gasteiger partial charge in [0, 0.05) is 23.0 Å². The van der Waals surface area contributed by atoms with Crippen LogP contribution in [0.4, 0.5) is 5.69 Å². The molecule has 0 unspecified atom stereocenters. The van der Waals surface area contributed by atoms with Gasteiger partial charge in [-0.15, -0.1) is 0 Å². The molecule has 0 atom stereocenters. The molecular weight excluding hydrogens is 398 g/mol. The van der Waals surface area contributed by atoms with Gasteiger partial charge in [-0.25, -0.2) is 4.79 Å². The lowest BCUT2D eigenvalue weighted by Crippen LogP contribution is -2.15. The Bertz CT molecular complexity index is 1220. The molecule has 0 radical (unpaired) electrons. The fraction of sp³-hybridized carbons (Fsp3) is 0.130. The summed E-state index contributed by atoms with van der Waals surface area (Å²) < 4.78 is 6.45. The summed E-state index contributed by atoms with van der Waals surface area (Å²) in [6, 6.07) is 16.8. The quantitative estimate of drug-likeness (QED) is 0.345. The van der Waals surface area contributed by atoms with Crippen LogP contribution >= 0.6 is 0 Å². The third kappa shape index (κ3) is 4.97. The maximum atomic E-state index is 12.6. The van der Waals surface area contributed by atoms with Crippen molar-refractivity contribution in [2.75, 3.05) is 11.9 Å². The van der Waals surface area contributed by atoms with Gasteiger partial charge in [-0.05, 0) is 43.3 Å². The molecule has 3 rings (SSSR count). The molecule has 0 aliphatic heterocycles. The second kappa shape index (κ2) is 9.41. The lowest BCUT2D eigenvalue weighted by Gasteiger charge is -2.08. The van der Waals surface area contributed by atoms with Crippen LogP contribution in [0.1, 0.15) is 23.0 Å². The van der Waals surface area contributed by atoms with Crippen molar-refractivity contribution >= 4 is 40.6 Å². The van der Waals surface area contributed by atoms with Crippen LogP contribution in [0.2, 0.25) is 0 Å². The number of carbonyl (C=O) groups is 3. The minimum atomic E-state index is -1.03. The van der Waals surface area contributed by atoms with Gasteiger partial charge in [-0.3, -0.25) is 9.59 Å². The Balaban J connectivity index is 1.88. The molecule has 1 aromatic heterocycles. The third-order valence-corrected chi connectivity index (χ3v) is 4.44. The SMILES string of the molecule is CCOC(=O)c1ccc(NC(=O)C(C#N)=Cn2c(CC(=O)O)cc3ccccc32)cc1. The van der Waals surface area contributed by atoms with Crippen LogP contribution in [0.25, 0.3) is 17.1 Å². The van der Waals surface area contributed by atoms with E-state index in [9.17, 15) is 24.8 Å². The molecule has 2 N–H and O–H groups in total. The minimum Gasteiger partial charge on any atom is -0.481 e. The van der Waals surface area contributed by atoms with Crippen LogP contribution in [0.15, 0.2) is 60.2 Å². The predicted octanol–water partition coefficient (Wildman–Crippen LogP) is 3.45. The summed E-state index contributed by atoms with van der Waals surface area (Å²) in [5, 5.41) is 22.1. The number of para-hydroxylation sites is 1. The number of carboxylic acid groups (broad SMARTS) is 1. The average Bonchev–Trinajstić information content (AvgIpc) is 3.08. The van der Waals surface area contributed by atoms with E-state index in [-0.39, 0.29) is 18.6 Å². The first kappa shape index (κ1) is 21.3. The van der Waals surface area contributed by atoms with Crippen LogP contribution in [0.5, 0.6) is 0 Å². The summed E-state index contributed by atoms with van der Waals surface area (Å²) in [5.41, 5.74) is 1.64. The number of nitrogens with zero attached hydrogens (tertiary/aromatic N) is 2. The molecule has 2 aromatic carbocycles. The highest BCUT2D eigenvalue weighted by Gasteiger charge is 2.15. The van der Waals surface area contributed by atoms with E-state index in [1.54, 1.807) is 25.1 Å². The molecule has 0 aliphatic rings. The topological polar surface area (TPSA) is 121 Å². The maximum Gasteiger partial charge on any atom is 0.338 e. The van der Waals surface area contributed by atoms with E-state index < -0.39 is 17.8 Å². The number of esters is 1. The van der Waals surface area contributed by atoms with E-state index in [2.05, 4.69) is 5.32 Å². The Morgan fingerprint density at radius 3 is 2.52 bits per heavy atom. The molecule has 0 aliphatic carbocycles. The Morgan fingerprint density at radius 1 is 1.16 bits per heavy atom. The second-order valence-electron chi connectivity index (χ2n) is 6.54. The van der Waals surface area contributed by atoms with Crippen LogP contribution in [-0.2, 0) is 20.7 Å². The first-order valence-corrected chi connectivity index (χ1v) is 9.44. The van der Waals surface area contributed by atoms with Crippen molar-refractivity contribution in [1.82, 2.24) is 4.57 Å². The summed E-state index contributed by atoms with van der Waals surface area (Å²) in [4.78, 5) is 35.6. The van der Waals surface area contributed by atoms with Crippen LogP contribution in [0.3, 0.4) is 0 Å². The highest BCUT2D eigenvalue weighted by molar-refractivity contribution is 6.09. The van der Waals surface area contributed by atoms with Crippen molar-refractivity contribution in [2.24, 2.45) is 0 Å². The summed E-state index contributed by atoms with van der Waals surface area (Å²) >= 11 is 0. The van der Waals surface area contributed by atoms with Crippen LogP contribution < -0.4 is 5.32 Å². The number of nitrogens with one attached hydrogen (secondary N) is 1. The fourth-order valence-corrected chi connectivity index (χ4v) is 3.05. The van der Waals surface area contributed by atoms with E-state index in [1.807, 2.05) is 18.2 Å². The number of fused-ring (bicyclic) bond motifs is 1. The zero-order valence-electron chi connectivity index (χ0n) is 16.7. The summed E-state index contributed by atoms with van der Waals surface area (Å²) in [7, 11) is 0. The first-order valence-electron chi connectivity index (χ1n) is 9.44.